The number of rotatable bonds is 9. The molecule has 2 unspecified atom stereocenters. The molecule has 0 aromatic carbocycles. The standard InChI is InChI=1S/C22H32N4O2S/c1-2-11-26(10-1)20(21-6-4-14-29-21)16-25-22(24-15-18-8-13-27-17-18)23-9-7-19-5-3-12-28-19/h3-6,12,14,18,20H,1-2,7-11,13,15-17H2,(H2,23,24,25). The number of nitrogens with one attached hydrogen (secondary N) is 2. The second kappa shape index (κ2) is 10.8. The summed E-state index contributed by atoms with van der Waals surface area (Å²) in [5, 5.41) is 9.21. The summed E-state index contributed by atoms with van der Waals surface area (Å²) < 4.78 is 11.0. The number of hydrogen-bond donors (Lipinski definition) is 2. The molecule has 0 aliphatic carbocycles. The van der Waals surface area contributed by atoms with Gasteiger partial charge in [-0.05, 0) is 55.9 Å². The Labute approximate surface area is 177 Å². The van der Waals surface area contributed by atoms with E-state index < -0.39 is 0 Å². The maximum atomic E-state index is 5.52. The van der Waals surface area contributed by atoms with E-state index in [2.05, 4.69) is 33.0 Å². The molecular formula is C22H32N4O2S. The number of nitrogens with zero attached hydrogens (tertiary/aromatic N) is 2. The van der Waals surface area contributed by atoms with Gasteiger partial charge < -0.3 is 19.8 Å². The molecule has 0 bridgehead atoms. The summed E-state index contributed by atoms with van der Waals surface area (Å²) in [6.45, 7) is 6.54. The van der Waals surface area contributed by atoms with Crippen LogP contribution in [0.5, 0.6) is 0 Å². The number of hydrogen-bond acceptors (Lipinski definition) is 5. The van der Waals surface area contributed by atoms with Gasteiger partial charge >= 0.3 is 0 Å². The Morgan fingerprint density at radius 3 is 2.90 bits per heavy atom. The first-order chi connectivity index (χ1) is 14.4. The van der Waals surface area contributed by atoms with E-state index >= 15 is 0 Å². The lowest BCUT2D eigenvalue weighted by atomic mass is 10.1. The fourth-order valence-electron chi connectivity index (χ4n) is 4.02. The van der Waals surface area contributed by atoms with Gasteiger partial charge in [-0.25, -0.2) is 0 Å². The first kappa shape index (κ1) is 20.4. The van der Waals surface area contributed by atoms with Gasteiger partial charge in [0.25, 0.3) is 0 Å². The molecule has 2 saturated heterocycles. The minimum absolute atomic E-state index is 0.371. The van der Waals surface area contributed by atoms with Crippen LogP contribution < -0.4 is 10.6 Å². The van der Waals surface area contributed by atoms with Gasteiger partial charge in [0.2, 0.25) is 0 Å². The van der Waals surface area contributed by atoms with Crippen molar-refractivity contribution in [2.45, 2.75) is 31.7 Å². The molecule has 0 spiro atoms. The van der Waals surface area contributed by atoms with Crippen LogP contribution in [0.1, 0.15) is 35.9 Å². The van der Waals surface area contributed by atoms with E-state index in [-0.39, 0.29) is 0 Å². The second-order valence-electron chi connectivity index (χ2n) is 7.83. The summed E-state index contributed by atoms with van der Waals surface area (Å²) in [6.07, 6.45) is 6.28. The quantitative estimate of drug-likeness (QED) is 0.485. The highest BCUT2D eigenvalue weighted by Crippen LogP contribution is 2.28. The molecule has 2 aliphatic rings. The Morgan fingerprint density at radius 2 is 2.17 bits per heavy atom. The first-order valence-corrected chi connectivity index (χ1v) is 11.7. The average Bonchev–Trinajstić information content (AvgIpc) is 3.55. The Morgan fingerprint density at radius 1 is 1.24 bits per heavy atom. The Balaban J connectivity index is 1.38. The van der Waals surface area contributed by atoms with Crippen LogP contribution in [0.3, 0.4) is 0 Å². The molecular weight excluding hydrogens is 384 g/mol. The lowest BCUT2D eigenvalue weighted by molar-refractivity contribution is 0.186. The molecule has 2 aromatic rings. The molecule has 7 heteroatoms. The Kier molecular flexibility index (Phi) is 7.62. The van der Waals surface area contributed by atoms with Crippen molar-refractivity contribution in [3.63, 3.8) is 0 Å². The number of thiophene rings is 1. The molecule has 2 aromatic heterocycles. The third kappa shape index (κ3) is 6.07. The largest absolute Gasteiger partial charge is 0.469 e. The number of ether oxygens (including phenoxy) is 1. The Hall–Kier alpha value is -1.83. The number of furan rings is 1. The van der Waals surface area contributed by atoms with E-state index in [0.717, 1.165) is 57.4 Å². The maximum absolute atomic E-state index is 5.52. The topological polar surface area (TPSA) is 62.0 Å². The molecule has 4 rings (SSSR count). The maximum Gasteiger partial charge on any atom is 0.191 e. The summed E-state index contributed by atoms with van der Waals surface area (Å²) >= 11 is 1.84. The summed E-state index contributed by atoms with van der Waals surface area (Å²) in [6, 6.07) is 8.71. The number of likely N-dealkylation sites (tertiary alicyclic amines) is 1. The van der Waals surface area contributed by atoms with Gasteiger partial charge in [-0.1, -0.05) is 6.07 Å². The molecule has 4 heterocycles. The molecule has 2 atom stereocenters. The fraction of sp³-hybridized carbons (Fsp3) is 0.591. The zero-order chi connectivity index (χ0) is 19.7. The normalized spacial score (nSPS) is 21.5. The third-order valence-corrected chi connectivity index (χ3v) is 6.68. The zero-order valence-corrected chi connectivity index (χ0v) is 17.8. The highest BCUT2D eigenvalue weighted by atomic mass is 32.1. The van der Waals surface area contributed by atoms with Crippen LogP contribution >= 0.6 is 11.3 Å². The van der Waals surface area contributed by atoms with Gasteiger partial charge in [-0.2, -0.15) is 0 Å². The number of aliphatic imine (C=N–C) groups is 1. The molecule has 0 radical (unpaired) electrons. The van der Waals surface area contributed by atoms with Crippen LogP contribution in [0.4, 0.5) is 0 Å². The minimum atomic E-state index is 0.371. The molecule has 29 heavy (non-hydrogen) atoms. The van der Waals surface area contributed by atoms with Crippen molar-refractivity contribution in [2.24, 2.45) is 10.9 Å². The van der Waals surface area contributed by atoms with Gasteiger partial charge in [0.15, 0.2) is 5.96 Å². The van der Waals surface area contributed by atoms with Crippen molar-refractivity contribution in [2.75, 3.05) is 45.9 Å². The minimum Gasteiger partial charge on any atom is -0.469 e. The van der Waals surface area contributed by atoms with Crippen LogP contribution in [0.25, 0.3) is 0 Å². The predicted octanol–water partition coefficient (Wildman–Crippen LogP) is 3.29. The highest BCUT2D eigenvalue weighted by Gasteiger charge is 2.24. The highest BCUT2D eigenvalue weighted by molar-refractivity contribution is 7.10. The van der Waals surface area contributed by atoms with Crippen LogP contribution in [-0.4, -0.2) is 56.8 Å². The van der Waals surface area contributed by atoms with Crippen molar-refractivity contribution in [1.82, 2.24) is 15.5 Å². The van der Waals surface area contributed by atoms with Crippen molar-refractivity contribution < 1.29 is 9.15 Å². The van der Waals surface area contributed by atoms with Gasteiger partial charge in [-0.15, -0.1) is 11.3 Å². The summed E-state index contributed by atoms with van der Waals surface area (Å²) in [7, 11) is 0. The van der Waals surface area contributed by atoms with E-state index in [0.29, 0.717) is 12.0 Å². The summed E-state index contributed by atoms with van der Waals surface area (Å²) in [5.74, 6) is 2.46. The smallest absolute Gasteiger partial charge is 0.191 e. The molecule has 2 fully saturated rings. The van der Waals surface area contributed by atoms with Crippen LogP contribution in [-0.2, 0) is 11.2 Å². The number of guanidine groups is 1. The van der Waals surface area contributed by atoms with Crippen molar-refractivity contribution in [3.05, 3.63) is 46.5 Å². The van der Waals surface area contributed by atoms with Gasteiger partial charge in [0.05, 0.1) is 25.5 Å². The lowest BCUT2D eigenvalue weighted by Crippen LogP contribution is -2.41. The van der Waals surface area contributed by atoms with Crippen LogP contribution in [0.15, 0.2) is 45.3 Å². The predicted molar refractivity (Wildman–Crippen MR) is 118 cm³/mol. The Bertz CT molecular complexity index is 720. The van der Waals surface area contributed by atoms with Crippen molar-refractivity contribution in [1.29, 1.82) is 0 Å². The fourth-order valence-corrected chi connectivity index (χ4v) is 4.87. The van der Waals surface area contributed by atoms with E-state index in [4.69, 9.17) is 14.1 Å². The summed E-state index contributed by atoms with van der Waals surface area (Å²) in [5.41, 5.74) is 0. The van der Waals surface area contributed by atoms with Crippen LogP contribution in [0, 0.1) is 5.92 Å². The molecule has 0 amide bonds. The molecule has 0 saturated carbocycles. The molecule has 158 valence electrons. The van der Waals surface area contributed by atoms with E-state index in [1.54, 1.807) is 6.26 Å². The summed E-state index contributed by atoms with van der Waals surface area (Å²) in [4.78, 5) is 8.99. The molecule has 2 N–H and O–H groups in total. The lowest BCUT2D eigenvalue weighted by Gasteiger charge is -2.25. The second-order valence-corrected chi connectivity index (χ2v) is 8.81. The molecule has 6 nitrogen and oxygen atoms in total. The van der Waals surface area contributed by atoms with Crippen molar-refractivity contribution in [3.8, 4) is 0 Å². The third-order valence-electron chi connectivity index (χ3n) is 5.70. The van der Waals surface area contributed by atoms with Gasteiger partial charge in [-0.3, -0.25) is 9.89 Å². The monoisotopic (exact) mass is 416 g/mol. The van der Waals surface area contributed by atoms with E-state index in [1.165, 1.54) is 30.8 Å². The average molecular weight is 417 g/mol. The van der Waals surface area contributed by atoms with Crippen molar-refractivity contribution >= 4 is 17.3 Å². The first-order valence-electron chi connectivity index (χ1n) is 10.8. The van der Waals surface area contributed by atoms with Crippen LogP contribution in [0.2, 0.25) is 0 Å². The van der Waals surface area contributed by atoms with E-state index in [1.807, 2.05) is 23.5 Å². The van der Waals surface area contributed by atoms with Gasteiger partial charge in [0, 0.05) is 36.9 Å². The zero-order valence-electron chi connectivity index (χ0n) is 17.0. The van der Waals surface area contributed by atoms with Gasteiger partial charge in [0.1, 0.15) is 5.76 Å². The SMILES string of the molecule is c1coc(CCNC(=NCC(c2cccs2)N2CCCC2)NCC2CCOC2)c1. The molecule has 2 aliphatic heterocycles. The van der Waals surface area contributed by atoms with E-state index in [9.17, 15) is 0 Å².